The van der Waals surface area contributed by atoms with E-state index >= 15 is 0 Å². The highest BCUT2D eigenvalue weighted by Gasteiger charge is 2.14. The topological polar surface area (TPSA) is 75.6 Å². The lowest BCUT2D eigenvalue weighted by atomic mass is 10.1. The number of carbonyl (C=O) groups is 2. The lowest BCUT2D eigenvalue weighted by molar-refractivity contribution is -0.132. The second kappa shape index (κ2) is 9.58. The van der Waals surface area contributed by atoms with Gasteiger partial charge in [-0.25, -0.2) is 4.79 Å². The Morgan fingerprint density at radius 1 is 1.00 bits per heavy atom. The molecule has 0 heterocycles. The minimum Gasteiger partial charge on any atom is -0.477 e. The van der Waals surface area contributed by atoms with E-state index in [-0.39, 0.29) is 11.3 Å². The zero-order valence-corrected chi connectivity index (χ0v) is 17.8. The molecular formula is C22H15ClINO4. The Hall–Kier alpha value is -2.84. The van der Waals surface area contributed by atoms with Crippen LogP contribution in [0.25, 0.3) is 6.08 Å². The summed E-state index contributed by atoms with van der Waals surface area (Å²) >= 11 is 8.06. The molecule has 0 aliphatic heterocycles. The van der Waals surface area contributed by atoms with Crippen LogP contribution in [0.4, 0.5) is 0 Å². The van der Waals surface area contributed by atoms with Crippen LogP contribution in [0.3, 0.4) is 0 Å². The molecule has 2 N–H and O–H groups in total. The van der Waals surface area contributed by atoms with Gasteiger partial charge in [-0.15, -0.1) is 0 Å². The Morgan fingerprint density at radius 3 is 2.38 bits per heavy atom. The number of rotatable bonds is 6. The number of amides is 1. The fourth-order valence-electron chi connectivity index (χ4n) is 2.43. The average Bonchev–Trinajstić information content (AvgIpc) is 2.70. The Bertz CT molecular complexity index is 1080. The number of halogens is 2. The third-order valence-electron chi connectivity index (χ3n) is 3.82. The Balaban J connectivity index is 1.76. The zero-order valence-electron chi connectivity index (χ0n) is 14.9. The number of ether oxygens (including phenoxy) is 1. The third-order valence-corrected chi connectivity index (χ3v) is 4.95. The van der Waals surface area contributed by atoms with Crippen molar-refractivity contribution in [2.24, 2.45) is 0 Å². The molecule has 0 atom stereocenters. The first-order valence-electron chi connectivity index (χ1n) is 8.47. The van der Waals surface area contributed by atoms with E-state index in [9.17, 15) is 14.7 Å². The zero-order chi connectivity index (χ0) is 20.8. The van der Waals surface area contributed by atoms with Crippen LogP contribution in [-0.2, 0) is 4.79 Å². The van der Waals surface area contributed by atoms with Crippen LogP contribution in [0.2, 0.25) is 5.02 Å². The van der Waals surface area contributed by atoms with Crippen LogP contribution in [0.5, 0.6) is 11.5 Å². The Kier molecular flexibility index (Phi) is 6.90. The largest absolute Gasteiger partial charge is 0.477 e. The van der Waals surface area contributed by atoms with Gasteiger partial charge >= 0.3 is 5.97 Å². The van der Waals surface area contributed by atoms with Crippen LogP contribution < -0.4 is 10.1 Å². The normalized spacial score (nSPS) is 11.0. The molecule has 0 fully saturated rings. The van der Waals surface area contributed by atoms with Gasteiger partial charge in [0.25, 0.3) is 5.91 Å². The number of para-hydroxylation sites is 1. The molecule has 7 heteroatoms. The fraction of sp³-hybridized carbons (Fsp3) is 0. The van der Waals surface area contributed by atoms with Gasteiger partial charge in [0, 0.05) is 10.6 Å². The summed E-state index contributed by atoms with van der Waals surface area (Å²) in [6.45, 7) is 0. The number of carboxylic acids is 1. The van der Waals surface area contributed by atoms with E-state index < -0.39 is 11.9 Å². The molecule has 3 aromatic carbocycles. The van der Waals surface area contributed by atoms with E-state index in [4.69, 9.17) is 16.3 Å². The first-order chi connectivity index (χ1) is 13.9. The minimum atomic E-state index is -1.25. The molecule has 0 radical (unpaired) electrons. The van der Waals surface area contributed by atoms with E-state index in [0.29, 0.717) is 16.3 Å². The van der Waals surface area contributed by atoms with Gasteiger partial charge in [0.05, 0.1) is 3.57 Å². The van der Waals surface area contributed by atoms with Crippen molar-refractivity contribution in [1.82, 2.24) is 5.32 Å². The van der Waals surface area contributed by atoms with Crippen molar-refractivity contribution in [3.63, 3.8) is 0 Å². The molecule has 0 bridgehead atoms. The summed E-state index contributed by atoms with van der Waals surface area (Å²) in [6.07, 6.45) is 1.38. The van der Waals surface area contributed by atoms with Crippen LogP contribution in [0.1, 0.15) is 15.9 Å². The molecule has 0 aliphatic rings. The van der Waals surface area contributed by atoms with E-state index in [1.54, 1.807) is 42.5 Å². The van der Waals surface area contributed by atoms with Gasteiger partial charge in [0.2, 0.25) is 0 Å². The lowest BCUT2D eigenvalue weighted by Gasteiger charge is -2.09. The predicted octanol–water partition coefficient (Wildman–Crippen LogP) is 5.59. The first kappa shape index (κ1) is 20.9. The monoisotopic (exact) mass is 519 g/mol. The second-order valence-electron chi connectivity index (χ2n) is 5.93. The summed E-state index contributed by atoms with van der Waals surface area (Å²) in [7, 11) is 0. The highest BCUT2D eigenvalue weighted by Crippen LogP contribution is 2.26. The first-order valence-corrected chi connectivity index (χ1v) is 9.92. The van der Waals surface area contributed by atoms with Gasteiger partial charge in [-0.05, 0) is 76.7 Å². The maximum Gasteiger partial charge on any atom is 0.352 e. The minimum absolute atomic E-state index is 0.249. The molecular weight excluding hydrogens is 505 g/mol. The molecule has 0 saturated carbocycles. The molecule has 0 unspecified atom stereocenters. The van der Waals surface area contributed by atoms with E-state index in [2.05, 4.69) is 27.9 Å². The number of carbonyl (C=O) groups excluding carboxylic acids is 1. The number of benzene rings is 3. The summed E-state index contributed by atoms with van der Waals surface area (Å²) in [5.74, 6) is -0.457. The Labute approximate surface area is 186 Å². The second-order valence-corrected chi connectivity index (χ2v) is 7.53. The number of nitrogens with one attached hydrogen (secondary N) is 1. The maximum absolute atomic E-state index is 12.3. The van der Waals surface area contributed by atoms with Crippen molar-refractivity contribution in [3.05, 3.63) is 98.2 Å². The number of hydrogen-bond donors (Lipinski definition) is 2. The summed E-state index contributed by atoms with van der Waals surface area (Å²) in [6, 6.07) is 20.8. The lowest BCUT2D eigenvalue weighted by Crippen LogP contribution is -2.27. The van der Waals surface area contributed by atoms with E-state index in [1.807, 2.05) is 24.3 Å². The molecule has 0 saturated heterocycles. The quantitative estimate of drug-likeness (QED) is 0.329. The van der Waals surface area contributed by atoms with Gasteiger partial charge < -0.3 is 15.2 Å². The molecule has 29 heavy (non-hydrogen) atoms. The average molecular weight is 520 g/mol. The summed E-state index contributed by atoms with van der Waals surface area (Å²) in [5, 5.41) is 12.2. The van der Waals surface area contributed by atoms with Crippen LogP contribution in [0, 0.1) is 3.57 Å². The van der Waals surface area contributed by atoms with Gasteiger partial charge in [-0.3, -0.25) is 4.79 Å². The SMILES string of the molecule is O=C(O)/C(=C\c1ccc(Oc2ccccc2I)cc1)NC(=O)c1cccc(Cl)c1. The fourth-order valence-corrected chi connectivity index (χ4v) is 3.12. The molecule has 1 amide bonds. The predicted molar refractivity (Wildman–Crippen MR) is 120 cm³/mol. The van der Waals surface area contributed by atoms with Gasteiger partial charge in [0.1, 0.15) is 17.2 Å². The molecule has 3 aromatic rings. The summed E-state index contributed by atoms with van der Waals surface area (Å²) < 4.78 is 6.80. The molecule has 0 spiro atoms. The standard InChI is InChI=1S/C22H15ClINO4/c23-16-5-3-4-15(13-16)21(26)25-19(22(27)28)12-14-8-10-17(11-9-14)29-20-7-2-1-6-18(20)24/h1-13H,(H,25,26)(H,27,28)/b19-12+. The van der Waals surface area contributed by atoms with Crippen molar-refractivity contribution >= 4 is 52.1 Å². The van der Waals surface area contributed by atoms with Gasteiger partial charge in [0.15, 0.2) is 0 Å². The van der Waals surface area contributed by atoms with Gasteiger partial charge in [-0.2, -0.15) is 0 Å². The highest BCUT2D eigenvalue weighted by atomic mass is 127. The summed E-state index contributed by atoms with van der Waals surface area (Å²) in [5.41, 5.74) is 0.621. The maximum atomic E-state index is 12.3. The third kappa shape index (κ3) is 5.82. The smallest absolute Gasteiger partial charge is 0.352 e. The highest BCUT2D eigenvalue weighted by molar-refractivity contribution is 14.1. The van der Waals surface area contributed by atoms with Crippen LogP contribution in [0.15, 0.2) is 78.5 Å². The molecule has 0 aromatic heterocycles. The number of aliphatic carboxylic acids is 1. The van der Waals surface area contributed by atoms with E-state index in [1.165, 1.54) is 12.1 Å². The number of hydrogen-bond acceptors (Lipinski definition) is 3. The van der Waals surface area contributed by atoms with E-state index in [0.717, 1.165) is 9.32 Å². The van der Waals surface area contributed by atoms with Crippen LogP contribution in [-0.4, -0.2) is 17.0 Å². The van der Waals surface area contributed by atoms with Crippen molar-refractivity contribution < 1.29 is 19.4 Å². The summed E-state index contributed by atoms with van der Waals surface area (Å²) in [4.78, 5) is 23.8. The number of carboxylic acid groups (broad SMARTS) is 1. The van der Waals surface area contributed by atoms with Crippen LogP contribution >= 0.6 is 34.2 Å². The molecule has 3 rings (SSSR count). The van der Waals surface area contributed by atoms with Crippen molar-refractivity contribution in [2.45, 2.75) is 0 Å². The molecule has 5 nitrogen and oxygen atoms in total. The van der Waals surface area contributed by atoms with Gasteiger partial charge in [-0.1, -0.05) is 41.9 Å². The molecule has 146 valence electrons. The molecule has 0 aliphatic carbocycles. The van der Waals surface area contributed by atoms with Crippen molar-refractivity contribution in [1.29, 1.82) is 0 Å². The Morgan fingerprint density at radius 2 is 1.72 bits per heavy atom. The van der Waals surface area contributed by atoms with Crippen molar-refractivity contribution in [3.8, 4) is 11.5 Å². The van der Waals surface area contributed by atoms with Crippen molar-refractivity contribution in [2.75, 3.05) is 0 Å².